The van der Waals surface area contributed by atoms with Crippen molar-refractivity contribution in [2.24, 2.45) is 16.7 Å². The van der Waals surface area contributed by atoms with Crippen LogP contribution in [0.15, 0.2) is 48.5 Å². The molecule has 5 aliphatic rings. The Morgan fingerprint density at radius 1 is 1.00 bits per heavy atom. The Hall–Kier alpha value is -5.30. The number of nitrogens with one attached hydrogen (secondary N) is 2. The van der Waals surface area contributed by atoms with Gasteiger partial charge in [-0.15, -0.1) is 10.2 Å². The molecular formula is C46H55ClN8O7. The number of halogens is 1. The van der Waals surface area contributed by atoms with E-state index in [1.54, 1.807) is 42.5 Å². The summed E-state index contributed by atoms with van der Waals surface area (Å²) in [6, 6.07) is 15.4. The van der Waals surface area contributed by atoms with Crippen molar-refractivity contribution < 1.29 is 33.8 Å². The van der Waals surface area contributed by atoms with Gasteiger partial charge >= 0.3 is 0 Å². The predicted octanol–water partition coefficient (Wildman–Crippen LogP) is 5.40. The third-order valence-electron chi connectivity index (χ3n) is 13.8. The fraction of sp³-hybridized carbons (Fsp3) is 0.543. The first-order valence-corrected chi connectivity index (χ1v) is 22.0. The molecule has 1 aromatic heterocycles. The molecule has 2 atom stereocenters. The average molecular weight is 867 g/mol. The Bertz CT molecular complexity index is 2270. The summed E-state index contributed by atoms with van der Waals surface area (Å²) in [5, 5.41) is 34.9. The average Bonchev–Trinajstić information content (AvgIpc) is 3.47. The summed E-state index contributed by atoms with van der Waals surface area (Å²) < 4.78 is 12.7. The second-order valence-electron chi connectivity index (χ2n) is 19.0. The van der Waals surface area contributed by atoms with E-state index in [2.05, 4.69) is 78.2 Å². The zero-order valence-corrected chi connectivity index (χ0v) is 36.8. The molecule has 4 amide bonds. The quantitative estimate of drug-likeness (QED) is 0.197. The number of ether oxygens (including phenoxy) is 2. The molecule has 328 valence electrons. The maximum atomic E-state index is 13.5. The number of aromatic nitrogens is 2. The first kappa shape index (κ1) is 43.4. The van der Waals surface area contributed by atoms with E-state index in [9.17, 15) is 29.5 Å². The molecule has 3 aliphatic heterocycles. The maximum absolute atomic E-state index is 13.5. The predicted molar refractivity (Wildman–Crippen MR) is 229 cm³/mol. The van der Waals surface area contributed by atoms with Crippen molar-refractivity contribution in [1.82, 2.24) is 30.6 Å². The Labute approximate surface area is 367 Å². The fourth-order valence-corrected chi connectivity index (χ4v) is 10.8. The maximum Gasteiger partial charge on any atom is 0.272 e. The Morgan fingerprint density at radius 2 is 1.69 bits per heavy atom. The van der Waals surface area contributed by atoms with Gasteiger partial charge in [0.15, 0.2) is 17.7 Å². The second-order valence-corrected chi connectivity index (χ2v) is 19.4. The van der Waals surface area contributed by atoms with Crippen LogP contribution in [0.4, 0.5) is 5.82 Å². The van der Waals surface area contributed by atoms with Gasteiger partial charge in [0.25, 0.3) is 11.8 Å². The van der Waals surface area contributed by atoms with Gasteiger partial charge in [-0.2, -0.15) is 5.26 Å². The highest BCUT2D eigenvalue weighted by Crippen LogP contribution is 2.55. The summed E-state index contributed by atoms with van der Waals surface area (Å²) in [5.41, 5.74) is 0.577. The number of carbonyl (C=O) groups is 4. The van der Waals surface area contributed by atoms with Crippen LogP contribution >= 0.6 is 11.6 Å². The van der Waals surface area contributed by atoms with Gasteiger partial charge in [0, 0.05) is 85.0 Å². The van der Waals surface area contributed by atoms with Gasteiger partial charge in [0.1, 0.15) is 35.8 Å². The fourth-order valence-electron chi connectivity index (χ4n) is 10.6. The highest BCUT2D eigenvalue weighted by Gasteiger charge is 2.64. The van der Waals surface area contributed by atoms with Gasteiger partial charge in [-0.1, -0.05) is 39.3 Å². The van der Waals surface area contributed by atoms with Gasteiger partial charge in [0.2, 0.25) is 11.8 Å². The summed E-state index contributed by atoms with van der Waals surface area (Å²) in [5.74, 6) is 0.749. The molecule has 62 heavy (non-hydrogen) atoms. The summed E-state index contributed by atoms with van der Waals surface area (Å²) in [7, 11) is 0. The molecule has 8 rings (SSSR count). The Morgan fingerprint density at radius 3 is 2.32 bits per heavy atom. The summed E-state index contributed by atoms with van der Waals surface area (Å²) in [6.45, 7) is 15.4. The van der Waals surface area contributed by atoms with E-state index in [0.29, 0.717) is 51.2 Å². The van der Waals surface area contributed by atoms with Crippen molar-refractivity contribution in [2.75, 3.05) is 24.5 Å². The number of nitrogens with zero attached hydrogens (tertiary/aromatic N) is 6. The second kappa shape index (κ2) is 16.8. The monoisotopic (exact) mass is 866 g/mol. The molecular weight excluding hydrogens is 812 g/mol. The number of amides is 4. The number of fused-ring (bicyclic) bond motifs is 1. The molecule has 2 saturated carbocycles. The number of carbonyl (C=O) groups excluding carboxylic acids is 4. The number of aliphatic hydroxyl groups excluding tert-OH is 1. The minimum absolute atomic E-state index is 0.00281. The van der Waals surface area contributed by atoms with Gasteiger partial charge < -0.3 is 24.8 Å². The standard InChI is InChI=1S/C46H55ClN8O7/c1-25(2)54(28-19-31(20-28)61-29-9-10-32-33(21-29)42(60)55(41(32)59)36-12-14-38(56)49-40(36)58)24-26-15-17-53(18-16-26)37-13-11-35(51-52-37)39(57)50-43-45(3,4)44(46(43,5)6)62-30-8-7-27(23-48)34(47)22-30/h7-11,13,21-22,25-26,28,31,36,42-44,60H,12,14-20,24H2,1-6H3,(H,50,57)(H,49,56,58)/t28-,31-,36?,42?,43-,44-. The number of nitriles is 1. The number of piperidine rings is 2. The van der Waals surface area contributed by atoms with Crippen molar-refractivity contribution in [3.8, 4) is 17.6 Å². The van der Waals surface area contributed by atoms with Crippen molar-refractivity contribution in [3.63, 3.8) is 0 Å². The van der Waals surface area contributed by atoms with Gasteiger partial charge in [-0.05, 0) is 81.5 Å². The number of hydrogen-bond acceptors (Lipinski definition) is 12. The number of hydrogen-bond donors (Lipinski definition) is 3. The van der Waals surface area contributed by atoms with E-state index < -0.39 is 34.9 Å². The van der Waals surface area contributed by atoms with E-state index in [-0.39, 0.29) is 48.6 Å². The normalized spacial score (nSPS) is 26.6. The molecule has 4 heterocycles. The van der Waals surface area contributed by atoms with E-state index in [4.69, 9.17) is 21.1 Å². The molecule has 15 nitrogen and oxygen atoms in total. The first-order valence-electron chi connectivity index (χ1n) is 21.6. The molecule has 2 aliphatic carbocycles. The lowest BCUT2D eigenvalue weighted by atomic mass is 9.49. The Kier molecular flexibility index (Phi) is 11.7. The lowest BCUT2D eigenvalue weighted by Gasteiger charge is -2.63. The molecule has 0 bridgehead atoms. The SMILES string of the molecule is CC(C)N(CC1CCN(c2ccc(C(=O)N[C@H]3C(C)(C)[C@H](Oc4ccc(C#N)c(Cl)c4)C3(C)C)nn2)CC1)[C@H]1C[C@H](Oc2ccc3c(c2)C(O)N(C2CCC(=O)NC2=O)C3=O)C1. The van der Waals surface area contributed by atoms with E-state index in [1.165, 1.54) is 0 Å². The van der Waals surface area contributed by atoms with Crippen LogP contribution in [0, 0.1) is 28.1 Å². The number of rotatable bonds is 12. The highest BCUT2D eigenvalue weighted by molar-refractivity contribution is 6.31. The zero-order chi connectivity index (χ0) is 44.2. The van der Waals surface area contributed by atoms with Crippen molar-refractivity contribution in [3.05, 3.63) is 75.9 Å². The Balaban J connectivity index is 0.794. The molecule has 3 aromatic rings. The van der Waals surface area contributed by atoms with E-state index in [1.807, 2.05) is 6.07 Å². The largest absolute Gasteiger partial charge is 0.490 e. The van der Waals surface area contributed by atoms with E-state index in [0.717, 1.165) is 56.0 Å². The van der Waals surface area contributed by atoms with Crippen LogP contribution in [0.5, 0.6) is 11.5 Å². The summed E-state index contributed by atoms with van der Waals surface area (Å²) in [6.07, 6.45) is 2.52. The third-order valence-corrected chi connectivity index (χ3v) is 14.1. The molecule has 3 N–H and O–H groups in total. The van der Waals surface area contributed by atoms with E-state index >= 15 is 0 Å². The highest BCUT2D eigenvalue weighted by atomic mass is 35.5. The first-order chi connectivity index (χ1) is 29.5. The third kappa shape index (κ3) is 8.08. The van der Waals surface area contributed by atoms with Crippen LogP contribution in [0.2, 0.25) is 5.02 Å². The molecule has 2 saturated heterocycles. The van der Waals surface area contributed by atoms with Crippen molar-refractivity contribution >= 4 is 41.0 Å². The van der Waals surface area contributed by atoms with Gasteiger partial charge in [-0.25, -0.2) is 0 Å². The van der Waals surface area contributed by atoms with Crippen LogP contribution in [-0.4, -0.2) is 105 Å². The summed E-state index contributed by atoms with van der Waals surface area (Å²) >= 11 is 6.25. The van der Waals surface area contributed by atoms with Crippen LogP contribution in [-0.2, 0) is 9.59 Å². The molecule has 2 aromatic carbocycles. The van der Waals surface area contributed by atoms with Gasteiger partial charge in [-0.3, -0.25) is 34.3 Å². The van der Waals surface area contributed by atoms with Crippen molar-refractivity contribution in [2.45, 2.75) is 123 Å². The number of anilines is 1. The van der Waals surface area contributed by atoms with Crippen LogP contribution < -0.4 is 25.0 Å². The lowest BCUT2D eigenvalue weighted by Crippen LogP contribution is -2.74. The van der Waals surface area contributed by atoms with Crippen molar-refractivity contribution in [1.29, 1.82) is 5.26 Å². The number of benzene rings is 2. The van der Waals surface area contributed by atoms with Crippen LogP contribution in [0.3, 0.4) is 0 Å². The van der Waals surface area contributed by atoms with Crippen LogP contribution in [0.25, 0.3) is 0 Å². The van der Waals surface area contributed by atoms with Gasteiger partial charge in [0.05, 0.1) is 10.6 Å². The minimum Gasteiger partial charge on any atom is -0.490 e. The molecule has 4 fully saturated rings. The number of aliphatic hydroxyl groups is 1. The minimum atomic E-state index is -1.29. The number of imide groups is 1. The lowest BCUT2D eigenvalue weighted by molar-refractivity contribution is -0.164. The zero-order valence-electron chi connectivity index (χ0n) is 36.1. The summed E-state index contributed by atoms with van der Waals surface area (Å²) in [4.78, 5) is 56.7. The molecule has 16 heteroatoms. The van der Waals surface area contributed by atoms with Crippen LogP contribution in [0.1, 0.15) is 118 Å². The smallest absolute Gasteiger partial charge is 0.272 e. The molecule has 0 spiro atoms. The molecule has 0 radical (unpaired) electrons. The molecule has 2 unspecified atom stereocenters. The topological polar surface area (TPSA) is 190 Å².